The number of methoxy groups -OCH3 is 1. The highest BCUT2D eigenvalue weighted by Crippen LogP contribution is 2.29. The average molecular weight is 335 g/mol. The van der Waals surface area contributed by atoms with Gasteiger partial charge in [0.2, 0.25) is 0 Å². The van der Waals surface area contributed by atoms with Crippen molar-refractivity contribution in [2.75, 3.05) is 12.4 Å². The fourth-order valence-corrected chi connectivity index (χ4v) is 2.36. The normalized spacial score (nSPS) is 12.1. The van der Waals surface area contributed by atoms with E-state index in [1.165, 1.54) is 5.56 Å². The third kappa shape index (κ3) is 3.31. The van der Waals surface area contributed by atoms with Gasteiger partial charge in [-0.15, -0.1) is 0 Å². The van der Waals surface area contributed by atoms with Gasteiger partial charge in [-0.3, -0.25) is 0 Å². The van der Waals surface area contributed by atoms with E-state index in [2.05, 4.69) is 64.3 Å². The van der Waals surface area contributed by atoms with Crippen molar-refractivity contribution < 1.29 is 4.74 Å². The number of hydrogen-bond acceptors (Lipinski definition) is 3. The molecular formula is C16H19BrN2O. The molecule has 1 aromatic heterocycles. The monoisotopic (exact) mass is 334 g/mol. The first-order valence-electron chi connectivity index (χ1n) is 6.54. The Bertz CT molecular complexity index is 613. The maximum Gasteiger partial charge on any atom is 0.124 e. The van der Waals surface area contributed by atoms with Crippen LogP contribution < -0.4 is 10.1 Å². The fourth-order valence-electron chi connectivity index (χ4n) is 2.14. The van der Waals surface area contributed by atoms with E-state index < -0.39 is 0 Å². The van der Waals surface area contributed by atoms with Crippen LogP contribution in [0.2, 0.25) is 0 Å². The van der Waals surface area contributed by atoms with Crippen LogP contribution in [-0.2, 0) is 0 Å². The number of ether oxygens (including phenoxy) is 1. The summed E-state index contributed by atoms with van der Waals surface area (Å²) < 4.78 is 6.34. The molecular weight excluding hydrogens is 316 g/mol. The Morgan fingerprint density at radius 2 is 2.00 bits per heavy atom. The van der Waals surface area contributed by atoms with E-state index in [-0.39, 0.29) is 6.04 Å². The van der Waals surface area contributed by atoms with Crippen molar-refractivity contribution in [3.8, 4) is 5.75 Å². The molecule has 0 aliphatic rings. The molecule has 0 saturated carbocycles. The van der Waals surface area contributed by atoms with Crippen LogP contribution in [-0.4, -0.2) is 12.1 Å². The minimum Gasteiger partial charge on any atom is -0.496 e. The Kier molecular flexibility index (Phi) is 4.65. The highest BCUT2D eigenvalue weighted by atomic mass is 79.9. The van der Waals surface area contributed by atoms with Gasteiger partial charge in [-0.05, 0) is 60.0 Å². The van der Waals surface area contributed by atoms with E-state index in [0.29, 0.717) is 0 Å². The fraction of sp³-hybridized carbons (Fsp3) is 0.312. The molecule has 1 heterocycles. The molecule has 2 rings (SSSR count). The topological polar surface area (TPSA) is 34.1 Å². The molecule has 0 spiro atoms. The first-order chi connectivity index (χ1) is 9.51. The largest absolute Gasteiger partial charge is 0.496 e. The molecule has 0 aliphatic heterocycles. The highest BCUT2D eigenvalue weighted by Gasteiger charge is 2.12. The van der Waals surface area contributed by atoms with Crippen LogP contribution >= 0.6 is 15.9 Å². The van der Waals surface area contributed by atoms with Gasteiger partial charge >= 0.3 is 0 Å². The van der Waals surface area contributed by atoms with Gasteiger partial charge in [0.25, 0.3) is 0 Å². The second-order valence-corrected chi connectivity index (χ2v) is 5.69. The smallest absolute Gasteiger partial charge is 0.124 e. The summed E-state index contributed by atoms with van der Waals surface area (Å²) in [5.41, 5.74) is 4.44. The maximum absolute atomic E-state index is 5.46. The number of benzene rings is 1. The molecule has 2 aromatic rings. The minimum absolute atomic E-state index is 0.146. The molecule has 3 nitrogen and oxygen atoms in total. The van der Waals surface area contributed by atoms with Gasteiger partial charge in [0, 0.05) is 5.56 Å². The second kappa shape index (κ2) is 6.27. The molecule has 0 bridgehead atoms. The Hall–Kier alpha value is -1.55. The number of nitrogens with one attached hydrogen (secondary N) is 1. The first-order valence-corrected chi connectivity index (χ1v) is 7.33. The highest BCUT2D eigenvalue weighted by molar-refractivity contribution is 9.10. The number of anilines is 1. The number of nitrogens with zero attached hydrogens (tertiary/aromatic N) is 1. The first kappa shape index (κ1) is 14.9. The van der Waals surface area contributed by atoms with Gasteiger partial charge in [0.05, 0.1) is 25.0 Å². The molecule has 0 saturated heterocycles. The standard InChI is InChI=1S/C16H19BrN2O/c1-10-5-6-14(15(7-10)20-4)12(3)19-13-8-11(2)16(17)18-9-13/h5-9,12,19H,1-4H3. The summed E-state index contributed by atoms with van der Waals surface area (Å²) in [5, 5.41) is 3.46. The maximum atomic E-state index is 5.46. The van der Waals surface area contributed by atoms with Gasteiger partial charge in [-0.2, -0.15) is 0 Å². The molecule has 1 aromatic carbocycles. The van der Waals surface area contributed by atoms with Crippen LogP contribution in [0.25, 0.3) is 0 Å². The minimum atomic E-state index is 0.146. The van der Waals surface area contributed by atoms with Crippen molar-refractivity contribution in [2.24, 2.45) is 0 Å². The molecule has 0 aliphatic carbocycles. The van der Waals surface area contributed by atoms with Gasteiger partial charge in [0.15, 0.2) is 0 Å². The Labute approximate surface area is 128 Å². The molecule has 106 valence electrons. The number of aryl methyl sites for hydroxylation is 2. The summed E-state index contributed by atoms with van der Waals surface area (Å²) in [4.78, 5) is 4.31. The number of pyridine rings is 1. The molecule has 20 heavy (non-hydrogen) atoms. The SMILES string of the molecule is COc1cc(C)ccc1C(C)Nc1cnc(Br)c(C)c1. The lowest BCUT2D eigenvalue weighted by Gasteiger charge is -2.19. The van der Waals surface area contributed by atoms with E-state index in [1.54, 1.807) is 7.11 Å². The van der Waals surface area contributed by atoms with Crippen LogP contribution in [0.15, 0.2) is 35.1 Å². The van der Waals surface area contributed by atoms with Crippen LogP contribution in [0.1, 0.15) is 29.7 Å². The number of halogens is 1. The van der Waals surface area contributed by atoms with Crippen molar-refractivity contribution in [1.82, 2.24) is 4.98 Å². The number of rotatable bonds is 4. The van der Waals surface area contributed by atoms with Crippen molar-refractivity contribution >= 4 is 21.6 Å². The summed E-state index contributed by atoms with van der Waals surface area (Å²) in [5.74, 6) is 0.909. The average Bonchev–Trinajstić information content (AvgIpc) is 2.42. The van der Waals surface area contributed by atoms with E-state index in [1.807, 2.05) is 13.1 Å². The van der Waals surface area contributed by atoms with Gasteiger partial charge in [-0.1, -0.05) is 12.1 Å². The molecule has 1 atom stereocenters. The Morgan fingerprint density at radius 3 is 2.65 bits per heavy atom. The van der Waals surface area contributed by atoms with Crippen molar-refractivity contribution in [1.29, 1.82) is 0 Å². The zero-order valence-corrected chi connectivity index (χ0v) is 13.8. The third-order valence-electron chi connectivity index (χ3n) is 3.25. The molecule has 1 unspecified atom stereocenters. The summed E-state index contributed by atoms with van der Waals surface area (Å²) in [6.07, 6.45) is 1.83. The third-order valence-corrected chi connectivity index (χ3v) is 4.08. The molecule has 0 fully saturated rings. The predicted molar refractivity (Wildman–Crippen MR) is 86.4 cm³/mol. The summed E-state index contributed by atoms with van der Waals surface area (Å²) in [6, 6.07) is 8.48. The predicted octanol–water partition coefficient (Wildman–Crippen LogP) is 4.64. The Balaban J connectivity index is 2.23. The Morgan fingerprint density at radius 1 is 1.25 bits per heavy atom. The van der Waals surface area contributed by atoms with E-state index in [4.69, 9.17) is 4.74 Å². The van der Waals surface area contributed by atoms with Gasteiger partial charge in [0.1, 0.15) is 10.4 Å². The van der Waals surface area contributed by atoms with Crippen molar-refractivity contribution in [3.63, 3.8) is 0 Å². The van der Waals surface area contributed by atoms with Gasteiger partial charge in [-0.25, -0.2) is 4.98 Å². The second-order valence-electron chi connectivity index (χ2n) is 4.94. The van der Waals surface area contributed by atoms with Crippen molar-refractivity contribution in [2.45, 2.75) is 26.8 Å². The lowest BCUT2D eigenvalue weighted by Crippen LogP contribution is -2.08. The lowest BCUT2D eigenvalue weighted by atomic mass is 10.0. The van der Waals surface area contributed by atoms with E-state index in [9.17, 15) is 0 Å². The number of aromatic nitrogens is 1. The molecule has 4 heteroatoms. The number of hydrogen-bond donors (Lipinski definition) is 1. The van der Waals surface area contributed by atoms with E-state index >= 15 is 0 Å². The molecule has 0 amide bonds. The summed E-state index contributed by atoms with van der Waals surface area (Å²) >= 11 is 3.41. The van der Waals surface area contributed by atoms with Crippen LogP contribution in [0, 0.1) is 13.8 Å². The molecule has 0 radical (unpaired) electrons. The van der Waals surface area contributed by atoms with Crippen LogP contribution in [0.5, 0.6) is 5.75 Å². The quantitative estimate of drug-likeness (QED) is 0.827. The van der Waals surface area contributed by atoms with Crippen LogP contribution in [0.4, 0.5) is 5.69 Å². The van der Waals surface area contributed by atoms with Gasteiger partial charge < -0.3 is 10.1 Å². The van der Waals surface area contributed by atoms with E-state index in [0.717, 1.165) is 27.2 Å². The zero-order chi connectivity index (χ0) is 14.7. The lowest BCUT2D eigenvalue weighted by molar-refractivity contribution is 0.407. The summed E-state index contributed by atoms with van der Waals surface area (Å²) in [7, 11) is 1.70. The molecule has 1 N–H and O–H groups in total. The summed E-state index contributed by atoms with van der Waals surface area (Å²) in [6.45, 7) is 6.20. The van der Waals surface area contributed by atoms with Crippen molar-refractivity contribution in [3.05, 3.63) is 51.8 Å². The van der Waals surface area contributed by atoms with Crippen LogP contribution in [0.3, 0.4) is 0 Å². The zero-order valence-electron chi connectivity index (χ0n) is 12.2.